The van der Waals surface area contributed by atoms with Crippen molar-refractivity contribution in [2.24, 2.45) is 0 Å². The predicted molar refractivity (Wildman–Crippen MR) is 81.4 cm³/mol. The number of aromatic nitrogens is 2. The smallest absolute Gasteiger partial charge is 0.242 e. The molecule has 6 nitrogen and oxygen atoms in total. The second-order valence-electron chi connectivity index (χ2n) is 5.27. The van der Waals surface area contributed by atoms with Crippen molar-refractivity contribution in [1.29, 1.82) is 0 Å². The Labute approximate surface area is 126 Å². The Hall–Kier alpha value is -1.69. The van der Waals surface area contributed by atoms with Gasteiger partial charge < -0.3 is 14.5 Å². The molecule has 116 valence electrons. The first-order valence-electron chi connectivity index (χ1n) is 7.50. The Bertz CT molecular complexity index is 493. The van der Waals surface area contributed by atoms with Gasteiger partial charge in [0.05, 0.1) is 13.2 Å². The van der Waals surface area contributed by atoms with E-state index >= 15 is 0 Å². The van der Waals surface area contributed by atoms with E-state index < -0.39 is 0 Å². The summed E-state index contributed by atoms with van der Waals surface area (Å²) < 4.78 is 5.06. The third-order valence-corrected chi connectivity index (χ3v) is 3.66. The van der Waals surface area contributed by atoms with Crippen LogP contribution >= 0.6 is 0 Å². The van der Waals surface area contributed by atoms with Gasteiger partial charge in [-0.1, -0.05) is 6.92 Å². The van der Waals surface area contributed by atoms with Gasteiger partial charge in [0.25, 0.3) is 0 Å². The van der Waals surface area contributed by atoms with E-state index in [4.69, 9.17) is 4.74 Å². The molecule has 0 radical (unpaired) electrons. The van der Waals surface area contributed by atoms with Crippen LogP contribution in [0.15, 0.2) is 6.07 Å². The summed E-state index contributed by atoms with van der Waals surface area (Å²) in [6.07, 6.45) is 1.82. The second-order valence-corrected chi connectivity index (χ2v) is 5.27. The van der Waals surface area contributed by atoms with Crippen molar-refractivity contribution < 1.29 is 9.53 Å². The van der Waals surface area contributed by atoms with Gasteiger partial charge >= 0.3 is 0 Å². The maximum atomic E-state index is 12.3. The van der Waals surface area contributed by atoms with Gasteiger partial charge in [-0.2, -0.15) is 0 Å². The zero-order chi connectivity index (χ0) is 15.2. The number of hydrogen-bond donors (Lipinski definition) is 0. The van der Waals surface area contributed by atoms with E-state index in [2.05, 4.69) is 21.8 Å². The summed E-state index contributed by atoms with van der Waals surface area (Å²) in [5.74, 6) is 1.76. The normalized spacial score (nSPS) is 16.2. The summed E-state index contributed by atoms with van der Waals surface area (Å²) in [5.41, 5.74) is 1.02. The van der Waals surface area contributed by atoms with E-state index in [9.17, 15) is 4.79 Å². The number of rotatable bonds is 5. The molecule has 0 aromatic carbocycles. The summed E-state index contributed by atoms with van der Waals surface area (Å²) in [4.78, 5) is 25.1. The van der Waals surface area contributed by atoms with Crippen molar-refractivity contribution in [2.75, 3.05) is 44.8 Å². The molecule has 0 bridgehead atoms. The van der Waals surface area contributed by atoms with Crippen molar-refractivity contribution in [3.05, 3.63) is 17.6 Å². The van der Waals surface area contributed by atoms with E-state index in [1.807, 2.05) is 17.9 Å². The molecule has 1 aliphatic heterocycles. The minimum absolute atomic E-state index is 0.138. The zero-order valence-corrected chi connectivity index (χ0v) is 13.1. The molecule has 1 aromatic rings. The minimum atomic E-state index is 0.138. The first-order valence-corrected chi connectivity index (χ1v) is 7.50. The van der Waals surface area contributed by atoms with Gasteiger partial charge in [-0.3, -0.25) is 4.79 Å². The Morgan fingerprint density at radius 3 is 2.86 bits per heavy atom. The molecular formula is C15H24N4O2. The quantitative estimate of drug-likeness (QED) is 0.811. The molecule has 6 heteroatoms. The zero-order valence-electron chi connectivity index (χ0n) is 13.1. The van der Waals surface area contributed by atoms with Gasteiger partial charge in [0, 0.05) is 38.5 Å². The fourth-order valence-electron chi connectivity index (χ4n) is 2.51. The number of carbonyl (C=O) groups excluding carboxylic acids is 1. The number of methoxy groups -OCH3 is 1. The van der Waals surface area contributed by atoms with Gasteiger partial charge in [0.15, 0.2) is 0 Å². The molecule has 1 amide bonds. The van der Waals surface area contributed by atoms with Gasteiger partial charge in [-0.15, -0.1) is 0 Å². The molecule has 1 saturated heterocycles. The number of nitrogens with zero attached hydrogens (tertiary/aromatic N) is 4. The predicted octanol–water partition coefficient (Wildman–Crippen LogP) is 1.03. The Balaban J connectivity index is 2.11. The molecule has 1 fully saturated rings. The minimum Gasteiger partial charge on any atom is -0.383 e. The molecule has 0 atom stereocenters. The Morgan fingerprint density at radius 1 is 1.33 bits per heavy atom. The third-order valence-electron chi connectivity index (χ3n) is 3.66. The van der Waals surface area contributed by atoms with E-state index in [1.165, 1.54) is 0 Å². The average molecular weight is 292 g/mol. The lowest BCUT2D eigenvalue weighted by atomic mass is 10.3. The van der Waals surface area contributed by atoms with Gasteiger partial charge in [-0.25, -0.2) is 9.97 Å². The SMILES string of the molecule is CCc1cc(N2CCCN(CCOC)C(=O)C2)nc(C)n1. The van der Waals surface area contributed by atoms with Crippen molar-refractivity contribution in [3.63, 3.8) is 0 Å². The van der Waals surface area contributed by atoms with Crippen molar-refractivity contribution in [1.82, 2.24) is 14.9 Å². The van der Waals surface area contributed by atoms with Gasteiger partial charge in [0.2, 0.25) is 5.91 Å². The molecule has 0 aliphatic carbocycles. The summed E-state index contributed by atoms with van der Waals surface area (Å²) in [6, 6.07) is 1.99. The lowest BCUT2D eigenvalue weighted by Gasteiger charge is -2.22. The first-order chi connectivity index (χ1) is 10.1. The molecule has 2 heterocycles. The summed E-state index contributed by atoms with van der Waals surface area (Å²) >= 11 is 0. The maximum Gasteiger partial charge on any atom is 0.242 e. The van der Waals surface area contributed by atoms with Crippen molar-refractivity contribution in [2.45, 2.75) is 26.7 Å². The molecule has 0 unspecified atom stereocenters. The number of aryl methyl sites for hydroxylation is 2. The van der Waals surface area contributed by atoms with Crippen molar-refractivity contribution >= 4 is 11.7 Å². The standard InChI is InChI=1S/C15H24N4O2/c1-4-13-10-14(17-12(2)16-13)19-7-5-6-18(8-9-21-3)15(20)11-19/h10H,4-9,11H2,1-3H3. The molecule has 1 aromatic heterocycles. The molecule has 0 N–H and O–H groups in total. The van der Waals surface area contributed by atoms with Crippen LogP contribution in [0.3, 0.4) is 0 Å². The lowest BCUT2D eigenvalue weighted by Crippen LogP contribution is -2.38. The van der Waals surface area contributed by atoms with Crippen LogP contribution in [0.2, 0.25) is 0 Å². The van der Waals surface area contributed by atoms with Crippen LogP contribution in [0, 0.1) is 6.92 Å². The van der Waals surface area contributed by atoms with Crippen LogP contribution < -0.4 is 4.90 Å². The molecule has 1 aliphatic rings. The number of carbonyl (C=O) groups is 1. The fraction of sp³-hybridized carbons (Fsp3) is 0.667. The van der Waals surface area contributed by atoms with E-state index in [1.54, 1.807) is 7.11 Å². The molecule has 2 rings (SSSR count). The van der Waals surface area contributed by atoms with E-state index in [0.29, 0.717) is 19.7 Å². The number of anilines is 1. The molecule has 21 heavy (non-hydrogen) atoms. The highest BCUT2D eigenvalue weighted by Crippen LogP contribution is 2.16. The Morgan fingerprint density at radius 2 is 2.14 bits per heavy atom. The lowest BCUT2D eigenvalue weighted by molar-refractivity contribution is -0.129. The summed E-state index contributed by atoms with van der Waals surface area (Å²) in [5, 5.41) is 0. The van der Waals surface area contributed by atoms with Crippen LogP contribution in [0.25, 0.3) is 0 Å². The van der Waals surface area contributed by atoms with Gasteiger partial charge in [0.1, 0.15) is 11.6 Å². The highest BCUT2D eigenvalue weighted by molar-refractivity contribution is 5.81. The molecule has 0 saturated carbocycles. The van der Waals surface area contributed by atoms with Crippen LogP contribution in [0.5, 0.6) is 0 Å². The summed E-state index contributed by atoms with van der Waals surface area (Å²) in [7, 11) is 1.66. The number of hydrogen-bond acceptors (Lipinski definition) is 5. The highest BCUT2D eigenvalue weighted by Gasteiger charge is 2.22. The third kappa shape index (κ3) is 4.14. The first kappa shape index (κ1) is 15.7. The molecule has 0 spiro atoms. The topological polar surface area (TPSA) is 58.6 Å². The molecular weight excluding hydrogens is 268 g/mol. The van der Waals surface area contributed by atoms with Crippen LogP contribution in [-0.4, -0.2) is 60.7 Å². The van der Waals surface area contributed by atoms with Gasteiger partial charge in [-0.05, 0) is 19.8 Å². The van der Waals surface area contributed by atoms with Crippen LogP contribution in [0.1, 0.15) is 24.9 Å². The average Bonchev–Trinajstić information content (AvgIpc) is 2.66. The number of ether oxygens (including phenoxy) is 1. The fourth-order valence-corrected chi connectivity index (χ4v) is 2.51. The van der Waals surface area contributed by atoms with E-state index in [-0.39, 0.29) is 5.91 Å². The maximum absolute atomic E-state index is 12.3. The van der Waals surface area contributed by atoms with Crippen LogP contribution in [0.4, 0.5) is 5.82 Å². The monoisotopic (exact) mass is 292 g/mol. The van der Waals surface area contributed by atoms with Crippen LogP contribution in [-0.2, 0) is 16.0 Å². The second kappa shape index (κ2) is 7.36. The summed E-state index contributed by atoms with van der Waals surface area (Å²) in [6.45, 7) is 7.21. The van der Waals surface area contributed by atoms with E-state index in [0.717, 1.165) is 43.3 Å². The highest BCUT2D eigenvalue weighted by atomic mass is 16.5. The Kier molecular flexibility index (Phi) is 5.50. The largest absolute Gasteiger partial charge is 0.383 e. The number of amides is 1. The van der Waals surface area contributed by atoms with Crippen molar-refractivity contribution in [3.8, 4) is 0 Å².